The number of nitrogens with zero attached hydrogens (tertiary/aromatic N) is 2. The topological polar surface area (TPSA) is 87.1 Å². The number of aromatic nitrogens is 2. The van der Waals surface area contributed by atoms with E-state index in [1.807, 2.05) is 45.0 Å². The number of carbonyl (C=O) groups excluding carboxylic acids is 1. The molecule has 1 heterocycles. The van der Waals surface area contributed by atoms with Crippen molar-refractivity contribution in [2.75, 3.05) is 5.32 Å². The first-order chi connectivity index (χ1) is 10.8. The monoisotopic (exact) mass is 332 g/mol. The van der Waals surface area contributed by atoms with Crippen LogP contribution in [0.25, 0.3) is 0 Å². The van der Waals surface area contributed by atoms with Crippen LogP contribution in [0.5, 0.6) is 0 Å². The number of hydrogen-bond donors (Lipinski definition) is 3. The van der Waals surface area contributed by atoms with Gasteiger partial charge in [0.15, 0.2) is 0 Å². The molecule has 1 aromatic heterocycles. The molecule has 2 amide bonds. The van der Waals surface area contributed by atoms with E-state index in [0.29, 0.717) is 17.4 Å². The van der Waals surface area contributed by atoms with Crippen LogP contribution in [-0.4, -0.2) is 26.6 Å². The quantitative estimate of drug-likeness (QED) is 0.789. The van der Waals surface area contributed by atoms with E-state index >= 15 is 0 Å². The second-order valence-corrected chi connectivity index (χ2v) is 7.47. The lowest BCUT2D eigenvalue weighted by atomic mass is 9.96. The Morgan fingerprint density at radius 1 is 1.35 bits per heavy atom. The number of carbonyl (C=O) groups is 1. The number of rotatable bonds is 2. The number of hydrogen-bond acceptors (Lipinski definition) is 5. The molecule has 0 fully saturated rings. The Morgan fingerprint density at radius 3 is 2.78 bits per heavy atom. The largest absolute Gasteiger partial charge is 0.390 e. The summed E-state index contributed by atoms with van der Waals surface area (Å²) in [7, 11) is 0. The predicted octanol–water partition coefficient (Wildman–Crippen LogP) is 2.62. The molecular formula is C16H20N4O2S. The maximum atomic E-state index is 12.2. The molecule has 1 aliphatic rings. The first-order valence-electron chi connectivity index (χ1n) is 7.52. The molecule has 23 heavy (non-hydrogen) atoms. The van der Waals surface area contributed by atoms with Crippen LogP contribution in [0.1, 0.15) is 43.8 Å². The van der Waals surface area contributed by atoms with Crippen LogP contribution < -0.4 is 10.6 Å². The fourth-order valence-electron chi connectivity index (χ4n) is 2.60. The van der Waals surface area contributed by atoms with Gasteiger partial charge in [0, 0.05) is 23.4 Å². The number of benzene rings is 1. The Balaban J connectivity index is 1.67. The fraction of sp³-hybridized carbons (Fsp3) is 0.438. The predicted molar refractivity (Wildman–Crippen MR) is 89.7 cm³/mol. The normalized spacial score (nSPS) is 20.2. The van der Waals surface area contributed by atoms with Crippen LogP contribution in [0.2, 0.25) is 0 Å². The molecule has 6 nitrogen and oxygen atoms in total. The molecule has 7 heteroatoms. The molecule has 0 spiro atoms. The van der Waals surface area contributed by atoms with Crippen LogP contribution in [-0.2, 0) is 11.8 Å². The van der Waals surface area contributed by atoms with Gasteiger partial charge in [-0.3, -0.25) is 5.32 Å². The van der Waals surface area contributed by atoms with Crippen molar-refractivity contribution in [3.8, 4) is 0 Å². The molecule has 0 saturated heterocycles. The molecular weight excluding hydrogens is 312 g/mol. The Morgan fingerprint density at radius 2 is 2.09 bits per heavy atom. The van der Waals surface area contributed by atoms with E-state index in [9.17, 15) is 9.90 Å². The molecule has 0 unspecified atom stereocenters. The maximum absolute atomic E-state index is 12.2. The van der Waals surface area contributed by atoms with E-state index in [0.717, 1.165) is 22.7 Å². The number of aliphatic hydroxyl groups excluding tert-OH is 1. The Bertz CT molecular complexity index is 723. The van der Waals surface area contributed by atoms with E-state index in [1.54, 1.807) is 0 Å². The van der Waals surface area contributed by atoms with Crippen LogP contribution in [0.4, 0.5) is 9.93 Å². The highest BCUT2D eigenvalue weighted by Crippen LogP contribution is 2.31. The minimum Gasteiger partial charge on any atom is -0.390 e. The van der Waals surface area contributed by atoms with Gasteiger partial charge in [0.1, 0.15) is 5.82 Å². The molecule has 1 aliphatic carbocycles. The van der Waals surface area contributed by atoms with Gasteiger partial charge in [-0.2, -0.15) is 4.37 Å². The van der Waals surface area contributed by atoms with Gasteiger partial charge < -0.3 is 10.4 Å². The lowest BCUT2D eigenvalue weighted by molar-refractivity contribution is 0.144. The van der Waals surface area contributed by atoms with Crippen molar-refractivity contribution in [1.29, 1.82) is 0 Å². The third kappa shape index (κ3) is 3.35. The van der Waals surface area contributed by atoms with Crippen LogP contribution >= 0.6 is 11.5 Å². The second kappa shape index (κ2) is 5.90. The Labute approximate surface area is 139 Å². The van der Waals surface area contributed by atoms with Crippen molar-refractivity contribution in [2.45, 2.75) is 44.8 Å². The van der Waals surface area contributed by atoms with E-state index < -0.39 is 12.1 Å². The molecule has 0 bridgehead atoms. The smallest absolute Gasteiger partial charge is 0.321 e. The number of anilines is 1. The molecule has 1 aromatic carbocycles. The molecule has 3 N–H and O–H groups in total. The van der Waals surface area contributed by atoms with Gasteiger partial charge in [-0.15, -0.1) is 0 Å². The highest BCUT2D eigenvalue weighted by Gasteiger charge is 2.32. The van der Waals surface area contributed by atoms with Gasteiger partial charge in [-0.05, 0) is 11.1 Å². The van der Waals surface area contributed by atoms with Gasteiger partial charge in [0.2, 0.25) is 5.13 Å². The van der Waals surface area contributed by atoms with Crippen molar-refractivity contribution in [2.24, 2.45) is 0 Å². The number of urea groups is 1. The summed E-state index contributed by atoms with van der Waals surface area (Å²) in [5, 5.41) is 16.1. The van der Waals surface area contributed by atoms with Crippen molar-refractivity contribution in [3.05, 3.63) is 41.2 Å². The summed E-state index contributed by atoms with van der Waals surface area (Å²) in [6.07, 6.45) is -0.0635. The van der Waals surface area contributed by atoms with Crippen LogP contribution in [0.3, 0.4) is 0 Å². The van der Waals surface area contributed by atoms with E-state index in [-0.39, 0.29) is 11.4 Å². The zero-order valence-electron chi connectivity index (χ0n) is 13.3. The van der Waals surface area contributed by atoms with Gasteiger partial charge in [0.05, 0.1) is 12.1 Å². The highest BCUT2D eigenvalue weighted by molar-refractivity contribution is 7.09. The summed E-state index contributed by atoms with van der Waals surface area (Å²) < 4.78 is 4.26. The highest BCUT2D eigenvalue weighted by atomic mass is 32.1. The van der Waals surface area contributed by atoms with Gasteiger partial charge in [0.25, 0.3) is 0 Å². The maximum Gasteiger partial charge on any atom is 0.321 e. The molecule has 122 valence electrons. The molecule has 0 saturated carbocycles. The Hall–Kier alpha value is -1.99. The Kier molecular flexibility index (Phi) is 4.08. The molecule has 0 aliphatic heterocycles. The molecule has 2 atom stereocenters. The van der Waals surface area contributed by atoms with Crippen molar-refractivity contribution in [3.63, 3.8) is 0 Å². The summed E-state index contributed by atoms with van der Waals surface area (Å²) in [4.78, 5) is 16.5. The lowest BCUT2D eigenvalue weighted by Gasteiger charge is -2.17. The number of amides is 2. The zero-order valence-corrected chi connectivity index (χ0v) is 14.1. The summed E-state index contributed by atoms with van der Waals surface area (Å²) in [6, 6.07) is 6.95. The summed E-state index contributed by atoms with van der Waals surface area (Å²) >= 11 is 1.15. The molecule has 0 radical (unpaired) electrons. The zero-order chi connectivity index (χ0) is 16.6. The van der Waals surface area contributed by atoms with Gasteiger partial charge >= 0.3 is 6.03 Å². The van der Waals surface area contributed by atoms with Crippen molar-refractivity contribution >= 4 is 22.7 Å². The minimum absolute atomic E-state index is 0.159. The SMILES string of the molecule is CC(C)(C)c1nsc(NC(=O)N[C@@H]2c3ccccc3C[C@@H]2O)n1. The van der Waals surface area contributed by atoms with Crippen LogP contribution in [0, 0.1) is 0 Å². The van der Waals surface area contributed by atoms with E-state index in [1.165, 1.54) is 0 Å². The van der Waals surface area contributed by atoms with E-state index in [2.05, 4.69) is 20.0 Å². The third-order valence-corrected chi connectivity index (χ3v) is 4.44. The first kappa shape index (κ1) is 15.9. The minimum atomic E-state index is -0.613. The first-order valence-corrected chi connectivity index (χ1v) is 8.29. The summed E-state index contributed by atoms with van der Waals surface area (Å²) in [5.41, 5.74) is 1.87. The average Bonchev–Trinajstić information content (AvgIpc) is 3.04. The van der Waals surface area contributed by atoms with Crippen LogP contribution in [0.15, 0.2) is 24.3 Å². The number of aliphatic hydroxyl groups is 1. The summed E-state index contributed by atoms with van der Waals surface area (Å²) in [5.74, 6) is 0.698. The molecule has 3 rings (SSSR count). The van der Waals surface area contributed by atoms with E-state index in [4.69, 9.17) is 0 Å². The number of fused-ring (bicyclic) bond motifs is 1. The van der Waals surface area contributed by atoms with Crippen molar-refractivity contribution in [1.82, 2.24) is 14.7 Å². The molecule has 2 aromatic rings. The van der Waals surface area contributed by atoms with Gasteiger partial charge in [-0.25, -0.2) is 9.78 Å². The summed E-state index contributed by atoms with van der Waals surface area (Å²) in [6.45, 7) is 6.06. The average molecular weight is 332 g/mol. The standard InChI is InChI=1S/C16H20N4O2S/c1-16(2,3)13-18-15(23-20-13)19-14(22)17-12-10-7-5-4-6-9(10)8-11(12)21/h4-7,11-12,21H,8H2,1-3H3,(H2,17,18,19,20,22)/t11-,12+/m0/s1. The van der Waals surface area contributed by atoms with Crippen molar-refractivity contribution < 1.29 is 9.90 Å². The second-order valence-electron chi connectivity index (χ2n) is 6.72. The number of nitrogens with one attached hydrogen (secondary N) is 2. The third-order valence-electron chi connectivity index (χ3n) is 3.81. The fourth-order valence-corrected chi connectivity index (χ4v) is 3.35. The lowest BCUT2D eigenvalue weighted by Crippen LogP contribution is -2.36. The van der Waals surface area contributed by atoms with Gasteiger partial charge in [-0.1, -0.05) is 45.0 Å².